The largest absolute Gasteiger partial charge is 0.497 e. The van der Waals surface area contributed by atoms with E-state index in [2.05, 4.69) is 5.32 Å². The molecule has 0 spiro atoms. The number of nitrogens with zero attached hydrogens (tertiary/aromatic N) is 1. The molecule has 5 nitrogen and oxygen atoms in total. The number of hydrogen-bond donors (Lipinski definition) is 1. The van der Waals surface area contributed by atoms with Gasteiger partial charge in [-0.05, 0) is 35.2 Å². The first-order chi connectivity index (χ1) is 14.7. The third-order valence-corrected chi connectivity index (χ3v) is 4.77. The van der Waals surface area contributed by atoms with Crippen LogP contribution in [0.15, 0.2) is 84.9 Å². The van der Waals surface area contributed by atoms with Gasteiger partial charge in [-0.25, -0.2) is 0 Å². The number of ether oxygens (including phenoxy) is 1. The highest BCUT2D eigenvalue weighted by molar-refractivity contribution is 6.34. The lowest BCUT2D eigenvalue weighted by molar-refractivity contribution is -0.146. The summed E-state index contributed by atoms with van der Waals surface area (Å²) < 4.78 is 5.15. The van der Waals surface area contributed by atoms with Gasteiger partial charge in [-0.3, -0.25) is 9.59 Å². The molecule has 0 unspecified atom stereocenters. The summed E-state index contributed by atoms with van der Waals surface area (Å²) in [5.41, 5.74) is 3.02. The summed E-state index contributed by atoms with van der Waals surface area (Å²) in [5, 5.41) is 2.75. The van der Waals surface area contributed by atoms with Crippen molar-refractivity contribution >= 4 is 11.8 Å². The standard InChI is InChI=1S/C25H26N2O3/c1-30-23-14-12-20(13-15-23)16-17-26-24(28)25(29)27(18-21-8-4-2-5-9-21)19-22-10-6-3-7-11-22/h2-15H,16-19H2,1H3,(H,26,28). The second-order valence-electron chi connectivity index (χ2n) is 6.99. The van der Waals surface area contributed by atoms with Crippen molar-refractivity contribution in [1.29, 1.82) is 0 Å². The fourth-order valence-corrected chi connectivity index (χ4v) is 3.14. The molecule has 0 heterocycles. The van der Waals surface area contributed by atoms with Gasteiger partial charge in [-0.1, -0.05) is 72.8 Å². The first kappa shape index (κ1) is 21.1. The molecular weight excluding hydrogens is 376 g/mol. The zero-order valence-electron chi connectivity index (χ0n) is 17.1. The van der Waals surface area contributed by atoms with Crippen molar-refractivity contribution < 1.29 is 14.3 Å². The Morgan fingerprint density at radius 3 is 1.80 bits per heavy atom. The second-order valence-corrected chi connectivity index (χ2v) is 6.99. The highest BCUT2D eigenvalue weighted by Gasteiger charge is 2.22. The predicted octanol–water partition coefficient (Wildman–Crippen LogP) is 3.58. The van der Waals surface area contributed by atoms with Crippen LogP contribution in [0.1, 0.15) is 16.7 Å². The highest BCUT2D eigenvalue weighted by atomic mass is 16.5. The number of amides is 2. The molecule has 0 saturated carbocycles. The zero-order chi connectivity index (χ0) is 21.2. The predicted molar refractivity (Wildman–Crippen MR) is 117 cm³/mol. The molecule has 0 saturated heterocycles. The van der Waals surface area contributed by atoms with Crippen molar-refractivity contribution in [3.05, 3.63) is 102 Å². The van der Waals surface area contributed by atoms with Gasteiger partial charge in [0, 0.05) is 19.6 Å². The Balaban J connectivity index is 1.61. The van der Waals surface area contributed by atoms with Gasteiger partial charge in [-0.2, -0.15) is 0 Å². The SMILES string of the molecule is COc1ccc(CCNC(=O)C(=O)N(Cc2ccccc2)Cc2ccccc2)cc1. The number of carbonyl (C=O) groups excluding carboxylic acids is 2. The first-order valence-electron chi connectivity index (χ1n) is 9.93. The summed E-state index contributed by atoms with van der Waals surface area (Å²) in [7, 11) is 1.62. The van der Waals surface area contributed by atoms with Gasteiger partial charge in [0.2, 0.25) is 0 Å². The zero-order valence-corrected chi connectivity index (χ0v) is 17.1. The van der Waals surface area contributed by atoms with E-state index in [0.717, 1.165) is 22.4 Å². The molecule has 0 radical (unpaired) electrons. The monoisotopic (exact) mass is 402 g/mol. The maximum absolute atomic E-state index is 12.9. The number of nitrogens with one attached hydrogen (secondary N) is 1. The van der Waals surface area contributed by atoms with Crippen molar-refractivity contribution in [1.82, 2.24) is 10.2 Å². The molecule has 1 N–H and O–H groups in total. The summed E-state index contributed by atoms with van der Waals surface area (Å²) in [6, 6.07) is 27.0. The van der Waals surface area contributed by atoms with Crippen LogP contribution in [0.5, 0.6) is 5.75 Å². The summed E-state index contributed by atoms with van der Waals surface area (Å²) in [6.07, 6.45) is 0.639. The fourth-order valence-electron chi connectivity index (χ4n) is 3.14. The van der Waals surface area contributed by atoms with E-state index < -0.39 is 11.8 Å². The lowest BCUT2D eigenvalue weighted by Crippen LogP contribution is -2.42. The van der Waals surface area contributed by atoms with Crippen LogP contribution in [0.25, 0.3) is 0 Å². The molecule has 3 rings (SSSR count). The minimum Gasteiger partial charge on any atom is -0.497 e. The molecule has 0 bridgehead atoms. The number of carbonyl (C=O) groups is 2. The second kappa shape index (κ2) is 10.8. The van der Waals surface area contributed by atoms with E-state index in [4.69, 9.17) is 4.74 Å². The summed E-state index contributed by atoms with van der Waals surface area (Å²) >= 11 is 0. The topological polar surface area (TPSA) is 58.6 Å². The van der Waals surface area contributed by atoms with Gasteiger partial charge in [-0.15, -0.1) is 0 Å². The minimum atomic E-state index is -0.588. The van der Waals surface area contributed by atoms with Crippen LogP contribution in [0.4, 0.5) is 0 Å². The molecule has 0 aromatic heterocycles. The van der Waals surface area contributed by atoms with Crippen LogP contribution in [0.3, 0.4) is 0 Å². The Bertz CT molecular complexity index is 900. The Morgan fingerprint density at radius 1 is 0.767 bits per heavy atom. The van der Waals surface area contributed by atoms with Crippen molar-refractivity contribution in [2.45, 2.75) is 19.5 Å². The van der Waals surface area contributed by atoms with E-state index in [0.29, 0.717) is 26.1 Å². The van der Waals surface area contributed by atoms with E-state index in [-0.39, 0.29) is 0 Å². The molecule has 30 heavy (non-hydrogen) atoms. The summed E-state index contributed by atoms with van der Waals surface area (Å²) in [4.78, 5) is 27.0. The fraction of sp³-hybridized carbons (Fsp3) is 0.200. The van der Waals surface area contributed by atoms with Crippen LogP contribution >= 0.6 is 0 Å². The van der Waals surface area contributed by atoms with Gasteiger partial charge >= 0.3 is 11.8 Å². The van der Waals surface area contributed by atoms with Crippen molar-refractivity contribution in [3.8, 4) is 5.75 Å². The Kier molecular flexibility index (Phi) is 7.61. The Hall–Kier alpha value is -3.60. The molecule has 0 aliphatic heterocycles. The molecule has 0 fully saturated rings. The number of hydrogen-bond acceptors (Lipinski definition) is 3. The maximum Gasteiger partial charge on any atom is 0.312 e. The number of methoxy groups -OCH3 is 1. The minimum absolute atomic E-state index is 0.375. The summed E-state index contributed by atoms with van der Waals surface area (Å²) in [6.45, 7) is 1.14. The average Bonchev–Trinajstić information content (AvgIpc) is 2.80. The van der Waals surface area contributed by atoms with Gasteiger partial charge in [0.15, 0.2) is 0 Å². The molecule has 5 heteroatoms. The highest BCUT2D eigenvalue weighted by Crippen LogP contribution is 2.12. The molecule has 3 aromatic rings. The molecule has 0 aliphatic rings. The van der Waals surface area contributed by atoms with Crippen molar-refractivity contribution in [3.63, 3.8) is 0 Å². The molecule has 0 atom stereocenters. The molecular formula is C25H26N2O3. The average molecular weight is 402 g/mol. The van der Waals surface area contributed by atoms with E-state index in [1.165, 1.54) is 0 Å². The van der Waals surface area contributed by atoms with Crippen LogP contribution in [0.2, 0.25) is 0 Å². The van der Waals surface area contributed by atoms with E-state index in [9.17, 15) is 9.59 Å². The van der Waals surface area contributed by atoms with Gasteiger partial charge in [0.1, 0.15) is 5.75 Å². The van der Waals surface area contributed by atoms with E-state index >= 15 is 0 Å². The summed E-state index contributed by atoms with van der Waals surface area (Å²) in [5.74, 6) is -0.330. The lowest BCUT2D eigenvalue weighted by atomic mass is 10.1. The van der Waals surface area contributed by atoms with E-state index in [1.807, 2.05) is 84.9 Å². The van der Waals surface area contributed by atoms with Crippen molar-refractivity contribution in [2.24, 2.45) is 0 Å². The maximum atomic E-state index is 12.9. The number of benzene rings is 3. The number of rotatable bonds is 8. The lowest BCUT2D eigenvalue weighted by Gasteiger charge is -2.22. The third-order valence-electron chi connectivity index (χ3n) is 4.77. The molecule has 154 valence electrons. The molecule has 2 amide bonds. The van der Waals surface area contributed by atoms with Crippen LogP contribution in [0, 0.1) is 0 Å². The Morgan fingerprint density at radius 2 is 1.30 bits per heavy atom. The molecule has 3 aromatic carbocycles. The normalized spacial score (nSPS) is 10.3. The third kappa shape index (κ3) is 6.21. The van der Waals surface area contributed by atoms with Crippen LogP contribution in [-0.4, -0.2) is 30.4 Å². The quantitative estimate of drug-likeness (QED) is 0.586. The van der Waals surface area contributed by atoms with Crippen LogP contribution in [-0.2, 0) is 29.1 Å². The van der Waals surface area contributed by atoms with Gasteiger partial charge in [0.05, 0.1) is 7.11 Å². The van der Waals surface area contributed by atoms with Crippen molar-refractivity contribution in [2.75, 3.05) is 13.7 Å². The van der Waals surface area contributed by atoms with E-state index in [1.54, 1.807) is 12.0 Å². The Labute approximate surface area is 177 Å². The molecule has 0 aliphatic carbocycles. The van der Waals surface area contributed by atoms with Gasteiger partial charge < -0.3 is 15.0 Å². The smallest absolute Gasteiger partial charge is 0.312 e. The first-order valence-corrected chi connectivity index (χ1v) is 9.93. The van der Waals surface area contributed by atoms with Gasteiger partial charge in [0.25, 0.3) is 0 Å². The van der Waals surface area contributed by atoms with Crippen LogP contribution < -0.4 is 10.1 Å².